The predicted octanol–water partition coefficient (Wildman–Crippen LogP) is 4.42. The lowest BCUT2D eigenvalue weighted by Gasteiger charge is -2.38. The van der Waals surface area contributed by atoms with Crippen molar-refractivity contribution >= 4 is 28.0 Å². The summed E-state index contributed by atoms with van der Waals surface area (Å²) in [6, 6.07) is 18.0. The highest BCUT2D eigenvalue weighted by Gasteiger charge is 2.36. The summed E-state index contributed by atoms with van der Waals surface area (Å²) in [7, 11) is -3.72. The van der Waals surface area contributed by atoms with Crippen LogP contribution in [0.25, 0.3) is 17.5 Å². The summed E-state index contributed by atoms with van der Waals surface area (Å²) in [5.41, 5.74) is 2.00. The van der Waals surface area contributed by atoms with Crippen LogP contribution in [0.15, 0.2) is 66.1 Å². The normalized spacial score (nSPS) is 16.3. The molecule has 0 radical (unpaired) electrons. The summed E-state index contributed by atoms with van der Waals surface area (Å²) in [6.07, 6.45) is 2.73. The molecule has 0 bridgehead atoms. The van der Waals surface area contributed by atoms with Crippen LogP contribution in [0, 0.1) is 0 Å². The van der Waals surface area contributed by atoms with Gasteiger partial charge in [-0.05, 0) is 31.9 Å². The Morgan fingerprint density at radius 2 is 1.68 bits per heavy atom. The number of piperazine rings is 1. The van der Waals surface area contributed by atoms with Gasteiger partial charge in [0.15, 0.2) is 5.82 Å². The third-order valence-corrected chi connectivity index (χ3v) is 8.27. The van der Waals surface area contributed by atoms with Gasteiger partial charge in [-0.25, -0.2) is 23.2 Å². The Hall–Kier alpha value is -3.89. The first-order valence-corrected chi connectivity index (χ1v) is 14.9. The molecule has 0 saturated carbocycles. The summed E-state index contributed by atoms with van der Waals surface area (Å²) in [6.45, 7) is 5.98. The molecule has 9 nitrogen and oxygen atoms in total. The highest BCUT2D eigenvalue weighted by atomic mass is 32.2. The minimum Gasteiger partial charge on any atom is -0.462 e. The topological polar surface area (TPSA) is 110 Å². The fourth-order valence-electron chi connectivity index (χ4n) is 4.67. The number of carbonyl (C=O) groups is 2. The van der Waals surface area contributed by atoms with E-state index in [9.17, 15) is 18.0 Å². The summed E-state index contributed by atoms with van der Waals surface area (Å²) in [5.74, 6) is -0.751. The van der Waals surface area contributed by atoms with Gasteiger partial charge in [-0.15, -0.1) is 0 Å². The van der Waals surface area contributed by atoms with E-state index in [0.717, 1.165) is 11.1 Å². The zero-order valence-electron chi connectivity index (χ0n) is 23.0. The molecular weight excluding hydrogens is 528 g/mol. The van der Waals surface area contributed by atoms with Crippen molar-refractivity contribution in [2.24, 2.45) is 0 Å². The Kier molecular flexibility index (Phi) is 9.44. The monoisotopic (exact) mass is 562 g/mol. The number of aryl methyl sites for hydroxylation is 1. The van der Waals surface area contributed by atoms with Crippen LogP contribution in [0.1, 0.15) is 59.3 Å². The van der Waals surface area contributed by atoms with Gasteiger partial charge in [0.2, 0.25) is 10.0 Å². The lowest BCUT2D eigenvalue weighted by atomic mass is 10.0. The van der Waals surface area contributed by atoms with Crippen LogP contribution in [0.5, 0.6) is 0 Å². The van der Waals surface area contributed by atoms with E-state index in [1.54, 1.807) is 24.8 Å². The molecular formula is C30H34N4O5S. The van der Waals surface area contributed by atoms with Crippen molar-refractivity contribution in [2.75, 3.05) is 26.2 Å². The largest absolute Gasteiger partial charge is 0.462 e. The van der Waals surface area contributed by atoms with E-state index >= 15 is 0 Å². The second kappa shape index (κ2) is 13.0. The molecule has 2 aromatic carbocycles. The Morgan fingerprint density at radius 3 is 2.30 bits per heavy atom. The van der Waals surface area contributed by atoms with Crippen molar-refractivity contribution in [1.29, 1.82) is 0 Å². The van der Waals surface area contributed by atoms with Crippen molar-refractivity contribution in [1.82, 2.24) is 19.2 Å². The van der Waals surface area contributed by atoms with Gasteiger partial charge < -0.3 is 9.64 Å². The van der Waals surface area contributed by atoms with Crippen LogP contribution in [0.4, 0.5) is 0 Å². The van der Waals surface area contributed by atoms with Crippen LogP contribution in [-0.2, 0) is 21.2 Å². The molecule has 1 atom stereocenters. The first-order valence-electron chi connectivity index (χ1n) is 13.4. The molecule has 210 valence electrons. The molecule has 0 N–H and O–H groups in total. The molecule has 1 aliphatic heterocycles. The molecule has 4 rings (SSSR count). The van der Waals surface area contributed by atoms with E-state index < -0.39 is 27.9 Å². The molecule has 1 unspecified atom stereocenters. The van der Waals surface area contributed by atoms with E-state index in [2.05, 4.69) is 9.97 Å². The molecule has 1 fully saturated rings. The number of sulfonamides is 1. The minimum absolute atomic E-state index is 0.0248. The van der Waals surface area contributed by atoms with Gasteiger partial charge in [-0.2, -0.15) is 4.31 Å². The van der Waals surface area contributed by atoms with Gasteiger partial charge in [0.1, 0.15) is 11.3 Å². The maximum absolute atomic E-state index is 13.9. The highest BCUT2D eigenvalue weighted by Crippen LogP contribution is 2.25. The Morgan fingerprint density at radius 1 is 1.00 bits per heavy atom. The van der Waals surface area contributed by atoms with Gasteiger partial charge >= 0.3 is 5.97 Å². The van der Waals surface area contributed by atoms with Gasteiger partial charge in [0.05, 0.1) is 12.3 Å². The summed E-state index contributed by atoms with van der Waals surface area (Å²) in [5, 5.41) is 1.20. The molecule has 1 amide bonds. The molecule has 3 aromatic rings. The third kappa shape index (κ3) is 6.63. The van der Waals surface area contributed by atoms with E-state index in [-0.39, 0.29) is 37.5 Å². The van der Waals surface area contributed by atoms with E-state index in [1.807, 2.05) is 67.6 Å². The van der Waals surface area contributed by atoms with Gasteiger partial charge in [0.25, 0.3) is 5.91 Å². The average molecular weight is 563 g/mol. The second-order valence-electron chi connectivity index (χ2n) is 9.52. The number of ether oxygens (including phenoxy) is 1. The minimum atomic E-state index is -3.72. The predicted molar refractivity (Wildman–Crippen MR) is 154 cm³/mol. The van der Waals surface area contributed by atoms with Crippen molar-refractivity contribution < 1.29 is 22.7 Å². The third-order valence-electron chi connectivity index (χ3n) is 6.60. The van der Waals surface area contributed by atoms with Crippen molar-refractivity contribution in [3.8, 4) is 11.4 Å². The fourth-order valence-corrected chi connectivity index (χ4v) is 6.06. The molecule has 40 heavy (non-hydrogen) atoms. The number of amides is 1. The zero-order chi connectivity index (χ0) is 28.7. The number of rotatable bonds is 9. The number of nitrogens with zero attached hydrogens (tertiary/aromatic N) is 4. The summed E-state index contributed by atoms with van der Waals surface area (Å²) in [4.78, 5) is 37.8. The number of hydrogen-bond acceptors (Lipinski definition) is 7. The Balaban J connectivity index is 1.64. The van der Waals surface area contributed by atoms with Crippen LogP contribution < -0.4 is 0 Å². The molecule has 2 heterocycles. The maximum atomic E-state index is 13.9. The number of aromatic nitrogens is 2. The molecule has 0 aliphatic carbocycles. The summed E-state index contributed by atoms with van der Waals surface area (Å²) >= 11 is 0. The van der Waals surface area contributed by atoms with Gasteiger partial charge in [-0.3, -0.25) is 4.79 Å². The fraction of sp³-hybridized carbons (Fsp3) is 0.333. The molecule has 1 aromatic heterocycles. The molecule has 1 aliphatic rings. The average Bonchev–Trinajstić information content (AvgIpc) is 2.96. The van der Waals surface area contributed by atoms with E-state index in [4.69, 9.17) is 4.74 Å². The maximum Gasteiger partial charge on any atom is 0.342 e. The van der Waals surface area contributed by atoms with Crippen molar-refractivity contribution in [2.45, 2.75) is 39.7 Å². The molecule has 10 heteroatoms. The first-order chi connectivity index (χ1) is 19.2. The van der Waals surface area contributed by atoms with E-state index in [1.165, 1.54) is 9.71 Å². The van der Waals surface area contributed by atoms with E-state index in [0.29, 0.717) is 24.4 Å². The first kappa shape index (κ1) is 29.1. The summed E-state index contributed by atoms with van der Waals surface area (Å²) < 4.78 is 32.9. The lowest BCUT2D eigenvalue weighted by molar-refractivity contribution is 0.0509. The van der Waals surface area contributed by atoms with Crippen LogP contribution in [0.3, 0.4) is 0 Å². The molecule has 0 spiro atoms. The SMILES string of the molecule is CCCc1nc(-c2ccccc2)nc(C(=O)N2CCN(S(=O)(=O)C=Cc3ccccc3)C(C)C2)c1C(=O)OCC. The Bertz CT molecular complexity index is 1480. The second-order valence-corrected chi connectivity index (χ2v) is 11.3. The number of hydrogen-bond donors (Lipinski definition) is 0. The molecule has 1 saturated heterocycles. The van der Waals surface area contributed by atoms with Crippen LogP contribution in [-0.4, -0.2) is 71.8 Å². The standard InChI is InChI=1S/C30H34N4O5S/c1-4-12-25-26(30(36)39-5-2)27(32-28(31-25)24-15-10-7-11-16-24)29(35)33-18-19-34(22(3)21-33)40(37,38)20-17-23-13-8-6-9-14-23/h6-11,13-17,20,22H,4-5,12,18-19,21H2,1-3H3. The lowest BCUT2D eigenvalue weighted by Crippen LogP contribution is -2.55. The quantitative estimate of drug-likeness (QED) is 0.355. The Labute approximate surface area is 235 Å². The number of esters is 1. The van der Waals surface area contributed by atoms with Crippen LogP contribution in [0.2, 0.25) is 0 Å². The number of carbonyl (C=O) groups excluding carboxylic acids is 2. The van der Waals surface area contributed by atoms with Gasteiger partial charge in [-0.1, -0.05) is 74.0 Å². The van der Waals surface area contributed by atoms with Crippen LogP contribution >= 0.6 is 0 Å². The van der Waals surface area contributed by atoms with Crippen molar-refractivity contribution in [3.05, 3.63) is 88.6 Å². The van der Waals surface area contributed by atoms with Crippen molar-refractivity contribution in [3.63, 3.8) is 0 Å². The highest BCUT2D eigenvalue weighted by molar-refractivity contribution is 7.92. The van der Waals surface area contributed by atoms with Gasteiger partial charge in [0, 0.05) is 36.6 Å². The zero-order valence-corrected chi connectivity index (χ0v) is 23.8. The smallest absolute Gasteiger partial charge is 0.342 e. The number of benzene rings is 2.